The van der Waals surface area contributed by atoms with E-state index in [9.17, 15) is 0 Å². The molecule has 0 aromatic carbocycles. The van der Waals surface area contributed by atoms with E-state index in [1.807, 2.05) is 38.0 Å². The first kappa shape index (κ1) is 12.8. The van der Waals surface area contributed by atoms with Crippen LogP contribution >= 0.6 is 0 Å². The second kappa shape index (κ2) is 8.40. The Morgan fingerprint density at radius 1 is 0.769 bits per heavy atom. The fraction of sp³-hybridized carbons (Fsp3) is 1.00. The minimum Gasteiger partial charge on any atom is -0.307 e. The van der Waals surface area contributed by atoms with E-state index in [2.05, 4.69) is 5.04 Å². The molecule has 0 aliphatic heterocycles. The summed E-state index contributed by atoms with van der Waals surface area (Å²) in [6, 6.07) is 0. The highest BCUT2D eigenvalue weighted by molar-refractivity contribution is 4.36. The SMILES string of the molecule is CN(C)CCOOOCCN(C)C. The highest BCUT2D eigenvalue weighted by atomic mass is 17.5. The van der Waals surface area contributed by atoms with Crippen molar-refractivity contribution in [3.63, 3.8) is 0 Å². The molecule has 0 aromatic rings. The van der Waals surface area contributed by atoms with Gasteiger partial charge < -0.3 is 9.80 Å². The van der Waals surface area contributed by atoms with Gasteiger partial charge in [0.2, 0.25) is 0 Å². The van der Waals surface area contributed by atoms with Crippen molar-refractivity contribution in [3.8, 4) is 0 Å². The predicted octanol–water partition coefficient (Wildman–Crippen LogP) is -0.0106. The van der Waals surface area contributed by atoms with Crippen molar-refractivity contribution in [2.75, 3.05) is 54.5 Å². The molecule has 0 radical (unpaired) electrons. The highest BCUT2D eigenvalue weighted by Gasteiger charge is 1.93. The number of likely N-dealkylation sites (N-methyl/N-ethyl adjacent to an activating group) is 2. The fourth-order valence-electron chi connectivity index (χ4n) is 0.542. The van der Waals surface area contributed by atoms with Crippen LogP contribution < -0.4 is 0 Å². The molecule has 13 heavy (non-hydrogen) atoms. The van der Waals surface area contributed by atoms with Crippen molar-refractivity contribution in [3.05, 3.63) is 0 Å². The molecule has 0 atom stereocenters. The molecule has 0 rings (SSSR count). The zero-order chi connectivity index (χ0) is 10.1. The van der Waals surface area contributed by atoms with Crippen molar-refractivity contribution < 1.29 is 14.8 Å². The van der Waals surface area contributed by atoms with Crippen molar-refractivity contribution >= 4 is 0 Å². The maximum Gasteiger partial charge on any atom is 0.0980 e. The lowest BCUT2D eigenvalue weighted by Gasteiger charge is -2.10. The van der Waals surface area contributed by atoms with Crippen molar-refractivity contribution in [1.29, 1.82) is 0 Å². The van der Waals surface area contributed by atoms with Crippen LogP contribution in [-0.4, -0.2) is 64.3 Å². The first-order valence-corrected chi connectivity index (χ1v) is 4.33. The molecule has 0 aliphatic carbocycles. The first-order chi connectivity index (χ1) is 6.13. The molecule has 0 spiro atoms. The molecule has 0 saturated heterocycles. The average Bonchev–Trinajstić information content (AvgIpc) is 2.01. The zero-order valence-corrected chi connectivity index (χ0v) is 8.95. The quantitative estimate of drug-likeness (QED) is 0.307. The molecule has 0 bridgehead atoms. The number of hydrogen-bond donors (Lipinski definition) is 0. The molecule has 0 aliphatic rings. The number of hydrogen-bond acceptors (Lipinski definition) is 5. The molecule has 0 amide bonds. The topological polar surface area (TPSA) is 34.2 Å². The van der Waals surface area contributed by atoms with E-state index >= 15 is 0 Å². The van der Waals surface area contributed by atoms with Gasteiger partial charge >= 0.3 is 0 Å². The minimum absolute atomic E-state index is 0.509. The normalized spacial score (nSPS) is 11.5. The van der Waals surface area contributed by atoms with Gasteiger partial charge in [-0.2, -0.15) is 0 Å². The van der Waals surface area contributed by atoms with E-state index in [0.29, 0.717) is 13.2 Å². The van der Waals surface area contributed by atoms with Crippen LogP contribution in [0.5, 0.6) is 0 Å². The monoisotopic (exact) mass is 192 g/mol. The lowest BCUT2D eigenvalue weighted by molar-refractivity contribution is -0.512. The van der Waals surface area contributed by atoms with Crippen molar-refractivity contribution in [1.82, 2.24) is 9.80 Å². The highest BCUT2D eigenvalue weighted by Crippen LogP contribution is 1.84. The molecule has 80 valence electrons. The molecular formula is C8H20N2O3. The Balaban J connectivity index is 2.92. The summed E-state index contributed by atoms with van der Waals surface area (Å²) in [7, 11) is 7.87. The van der Waals surface area contributed by atoms with Gasteiger partial charge in [0.15, 0.2) is 0 Å². The van der Waals surface area contributed by atoms with Gasteiger partial charge in [0, 0.05) is 13.1 Å². The predicted molar refractivity (Wildman–Crippen MR) is 50.1 cm³/mol. The third kappa shape index (κ3) is 11.8. The Morgan fingerprint density at radius 3 is 1.46 bits per heavy atom. The maximum absolute atomic E-state index is 4.74. The van der Waals surface area contributed by atoms with E-state index in [1.54, 1.807) is 0 Å². The summed E-state index contributed by atoms with van der Waals surface area (Å²) in [5, 5.41) is 4.48. The Hall–Kier alpha value is -0.200. The lowest BCUT2D eigenvalue weighted by Crippen LogP contribution is -2.20. The molecule has 0 aromatic heterocycles. The zero-order valence-electron chi connectivity index (χ0n) is 8.95. The Kier molecular flexibility index (Phi) is 8.27. The Morgan fingerprint density at radius 2 is 1.15 bits per heavy atom. The van der Waals surface area contributed by atoms with E-state index in [4.69, 9.17) is 9.78 Å². The van der Waals surface area contributed by atoms with Gasteiger partial charge in [0.1, 0.15) is 0 Å². The first-order valence-electron chi connectivity index (χ1n) is 4.33. The van der Waals surface area contributed by atoms with E-state index in [-0.39, 0.29) is 0 Å². The largest absolute Gasteiger partial charge is 0.307 e. The molecule has 0 saturated carbocycles. The van der Waals surface area contributed by atoms with Gasteiger partial charge in [-0.3, -0.25) is 0 Å². The van der Waals surface area contributed by atoms with Crippen LogP contribution in [0.1, 0.15) is 0 Å². The third-order valence-corrected chi connectivity index (χ3v) is 1.34. The molecule has 0 N–H and O–H groups in total. The fourth-order valence-corrected chi connectivity index (χ4v) is 0.542. The molecule has 5 heteroatoms. The Labute approximate surface area is 80.0 Å². The van der Waals surface area contributed by atoms with Crippen LogP contribution in [0.2, 0.25) is 0 Å². The van der Waals surface area contributed by atoms with Gasteiger partial charge in [0.05, 0.1) is 13.2 Å². The summed E-state index contributed by atoms with van der Waals surface area (Å²) in [4.78, 5) is 13.5. The molecule has 0 unspecified atom stereocenters. The number of nitrogens with zero attached hydrogens (tertiary/aromatic N) is 2. The molecular weight excluding hydrogens is 172 g/mol. The Bertz CT molecular complexity index is 97.6. The van der Waals surface area contributed by atoms with Gasteiger partial charge in [-0.05, 0) is 28.2 Å². The molecule has 0 fully saturated rings. The van der Waals surface area contributed by atoms with Crippen molar-refractivity contribution in [2.45, 2.75) is 0 Å². The standard InChI is InChI=1S/C8H20N2O3/c1-9(2)5-7-11-13-12-8-6-10(3)4/h5-8H2,1-4H3. The summed E-state index contributed by atoms with van der Waals surface area (Å²) in [5.74, 6) is 0. The van der Waals surface area contributed by atoms with E-state index < -0.39 is 0 Å². The van der Waals surface area contributed by atoms with E-state index in [0.717, 1.165) is 13.1 Å². The van der Waals surface area contributed by atoms with Crippen LogP contribution in [0.15, 0.2) is 0 Å². The molecule has 5 nitrogen and oxygen atoms in total. The third-order valence-electron chi connectivity index (χ3n) is 1.34. The summed E-state index contributed by atoms with van der Waals surface area (Å²) >= 11 is 0. The average molecular weight is 192 g/mol. The van der Waals surface area contributed by atoms with Gasteiger partial charge in [-0.1, -0.05) is 5.04 Å². The maximum atomic E-state index is 4.74. The van der Waals surface area contributed by atoms with Crippen LogP contribution in [0.25, 0.3) is 0 Å². The molecule has 0 heterocycles. The number of rotatable bonds is 8. The van der Waals surface area contributed by atoms with Crippen molar-refractivity contribution in [2.24, 2.45) is 0 Å². The van der Waals surface area contributed by atoms with Gasteiger partial charge in [0.25, 0.3) is 0 Å². The van der Waals surface area contributed by atoms with Gasteiger partial charge in [-0.25, -0.2) is 9.78 Å². The lowest BCUT2D eigenvalue weighted by atomic mass is 10.6. The summed E-state index contributed by atoms with van der Waals surface area (Å²) in [5.41, 5.74) is 0. The summed E-state index contributed by atoms with van der Waals surface area (Å²) in [6.45, 7) is 2.65. The van der Waals surface area contributed by atoms with Crippen LogP contribution in [0.3, 0.4) is 0 Å². The van der Waals surface area contributed by atoms with Gasteiger partial charge in [-0.15, -0.1) is 0 Å². The smallest absolute Gasteiger partial charge is 0.0980 e. The van der Waals surface area contributed by atoms with Crippen LogP contribution in [0, 0.1) is 0 Å². The van der Waals surface area contributed by atoms with Crippen LogP contribution in [0.4, 0.5) is 0 Å². The second-order valence-corrected chi connectivity index (χ2v) is 3.32. The van der Waals surface area contributed by atoms with Crippen LogP contribution in [-0.2, 0) is 14.8 Å². The van der Waals surface area contributed by atoms with E-state index in [1.165, 1.54) is 0 Å². The summed E-state index contributed by atoms with van der Waals surface area (Å²) < 4.78 is 0. The minimum atomic E-state index is 0.509. The second-order valence-electron chi connectivity index (χ2n) is 3.32. The summed E-state index contributed by atoms with van der Waals surface area (Å²) in [6.07, 6.45) is 0.